The molecule has 74 valence electrons. The fourth-order valence-electron chi connectivity index (χ4n) is 1.73. The largest absolute Gasteiger partial charge is 0.316 e. The number of piperidine rings is 1. The molecule has 1 aliphatic rings. The lowest BCUT2D eigenvalue weighted by Gasteiger charge is -2.20. The van der Waals surface area contributed by atoms with Crippen LogP contribution in [0.4, 0.5) is 0 Å². The monoisotopic (exact) mass is 207 g/mol. The van der Waals surface area contributed by atoms with Crippen molar-refractivity contribution in [2.24, 2.45) is 0 Å². The van der Waals surface area contributed by atoms with Gasteiger partial charge in [-0.25, -0.2) is 4.98 Å². The maximum absolute atomic E-state index is 8.54. The van der Waals surface area contributed by atoms with Crippen molar-refractivity contribution in [3.63, 3.8) is 0 Å². The summed E-state index contributed by atoms with van der Waals surface area (Å²) < 4.78 is 0. The maximum atomic E-state index is 8.54. The molecule has 0 spiro atoms. The summed E-state index contributed by atoms with van der Waals surface area (Å²) >= 11 is 1.69. The quantitative estimate of drug-likeness (QED) is 0.802. The van der Waals surface area contributed by atoms with Crippen molar-refractivity contribution in [3.8, 4) is 6.07 Å². The molecular weight excluding hydrogens is 194 g/mol. The fraction of sp³-hybridized carbons (Fsp3) is 0.600. The van der Waals surface area contributed by atoms with E-state index in [0.29, 0.717) is 12.3 Å². The highest BCUT2D eigenvalue weighted by molar-refractivity contribution is 7.09. The van der Waals surface area contributed by atoms with Crippen molar-refractivity contribution in [3.05, 3.63) is 16.1 Å². The molecule has 1 aromatic rings. The van der Waals surface area contributed by atoms with Crippen LogP contribution in [-0.4, -0.2) is 18.1 Å². The molecular formula is C10H13N3S. The van der Waals surface area contributed by atoms with Crippen molar-refractivity contribution in [1.29, 1.82) is 5.26 Å². The van der Waals surface area contributed by atoms with Gasteiger partial charge in [0.25, 0.3) is 0 Å². The summed E-state index contributed by atoms with van der Waals surface area (Å²) in [5.41, 5.74) is 0.929. The van der Waals surface area contributed by atoms with Gasteiger partial charge in [0.05, 0.1) is 23.2 Å². The first-order valence-electron chi connectivity index (χ1n) is 4.92. The van der Waals surface area contributed by atoms with E-state index in [1.807, 2.05) is 5.38 Å². The molecule has 2 heterocycles. The zero-order chi connectivity index (χ0) is 9.80. The van der Waals surface area contributed by atoms with Crippen LogP contribution in [0.5, 0.6) is 0 Å². The van der Waals surface area contributed by atoms with Crippen LogP contribution in [-0.2, 0) is 6.42 Å². The van der Waals surface area contributed by atoms with Crippen LogP contribution >= 0.6 is 11.3 Å². The third-order valence-electron chi connectivity index (χ3n) is 2.48. The van der Waals surface area contributed by atoms with Crippen LogP contribution in [0, 0.1) is 11.3 Å². The molecule has 4 heteroatoms. The molecule has 0 saturated carbocycles. The predicted octanol–water partition coefficient (Wildman–Crippen LogP) is 1.68. The molecule has 1 atom stereocenters. The normalized spacial score (nSPS) is 21.8. The second-order valence-electron chi connectivity index (χ2n) is 3.56. The number of thiazole rings is 1. The van der Waals surface area contributed by atoms with Crippen molar-refractivity contribution in [2.45, 2.75) is 25.2 Å². The minimum absolute atomic E-state index is 0.441. The maximum Gasteiger partial charge on any atom is 0.0972 e. The van der Waals surface area contributed by atoms with Crippen LogP contribution < -0.4 is 5.32 Å². The van der Waals surface area contributed by atoms with Gasteiger partial charge < -0.3 is 5.32 Å². The molecule has 1 fully saturated rings. The van der Waals surface area contributed by atoms with E-state index in [4.69, 9.17) is 5.26 Å². The molecule has 0 aliphatic carbocycles. The number of hydrogen-bond acceptors (Lipinski definition) is 4. The molecule has 1 aromatic heterocycles. The molecule has 3 nitrogen and oxygen atoms in total. The van der Waals surface area contributed by atoms with E-state index in [1.165, 1.54) is 17.8 Å². The van der Waals surface area contributed by atoms with Crippen molar-refractivity contribution < 1.29 is 0 Å². The molecule has 1 saturated heterocycles. The zero-order valence-corrected chi connectivity index (χ0v) is 8.81. The first-order valence-corrected chi connectivity index (χ1v) is 5.80. The van der Waals surface area contributed by atoms with Crippen molar-refractivity contribution in [2.75, 3.05) is 13.1 Å². The predicted molar refractivity (Wildman–Crippen MR) is 56.3 cm³/mol. The lowest BCUT2D eigenvalue weighted by atomic mass is 10.0. The second-order valence-corrected chi connectivity index (χ2v) is 4.44. The summed E-state index contributed by atoms with van der Waals surface area (Å²) in [6.07, 6.45) is 2.90. The molecule has 1 unspecified atom stereocenters. The van der Waals surface area contributed by atoms with Gasteiger partial charge in [0, 0.05) is 17.8 Å². The van der Waals surface area contributed by atoms with Crippen LogP contribution in [0.2, 0.25) is 0 Å². The lowest BCUT2D eigenvalue weighted by Crippen LogP contribution is -2.28. The fourth-order valence-corrected chi connectivity index (χ4v) is 2.69. The number of rotatable bonds is 2. The highest BCUT2D eigenvalue weighted by Gasteiger charge is 2.17. The van der Waals surface area contributed by atoms with E-state index < -0.39 is 0 Å². The molecule has 0 radical (unpaired) electrons. The van der Waals surface area contributed by atoms with Crippen LogP contribution in [0.15, 0.2) is 5.38 Å². The average Bonchev–Trinajstić information content (AvgIpc) is 2.68. The summed E-state index contributed by atoms with van der Waals surface area (Å²) in [7, 11) is 0. The molecule has 14 heavy (non-hydrogen) atoms. The Bertz CT molecular complexity index is 333. The summed E-state index contributed by atoms with van der Waals surface area (Å²) in [5, 5.41) is 15.1. The summed E-state index contributed by atoms with van der Waals surface area (Å²) in [6, 6.07) is 2.13. The molecule has 0 bridgehead atoms. The number of nitriles is 1. The Balaban J connectivity index is 2.04. The zero-order valence-electron chi connectivity index (χ0n) is 7.99. The van der Waals surface area contributed by atoms with E-state index in [9.17, 15) is 0 Å². The van der Waals surface area contributed by atoms with Crippen LogP contribution in [0.3, 0.4) is 0 Å². The molecule has 1 N–H and O–H groups in total. The first-order chi connectivity index (χ1) is 6.90. The van der Waals surface area contributed by atoms with Gasteiger partial charge in [-0.3, -0.25) is 0 Å². The lowest BCUT2D eigenvalue weighted by molar-refractivity contribution is 0.460. The number of hydrogen-bond donors (Lipinski definition) is 1. The van der Waals surface area contributed by atoms with Gasteiger partial charge in [0.2, 0.25) is 0 Å². The average molecular weight is 207 g/mol. The van der Waals surface area contributed by atoms with Crippen molar-refractivity contribution in [1.82, 2.24) is 10.3 Å². The van der Waals surface area contributed by atoms with E-state index >= 15 is 0 Å². The molecule has 0 aromatic carbocycles. The Morgan fingerprint density at radius 1 is 1.71 bits per heavy atom. The third kappa shape index (κ3) is 2.11. The van der Waals surface area contributed by atoms with Gasteiger partial charge in [-0.1, -0.05) is 0 Å². The number of nitrogens with one attached hydrogen (secondary N) is 1. The van der Waals surface area contributed by atoms with Gasteiger partial charge in [-0.05, 0) is 19.4 Å². The standard InChI is InChI=1S/C10H13N3S/c11-4-3-9-7-14-10(13-9)8-2-1-5-12-6-8/h7-8,12H,1-3,5-6H2. The number of aromatic nitrogens is 1. The Labute approximate surface area is 87.8 Å². The molecule has 0 amide bonds. The number of nitrogens with zero attached hydrogens (tertiary/aromatic N) is 2. The van der Waals surface area contributed by atoms with E-state index in [-0.39, 0.29) is 0 Å². The molecule has 1 aliphatic heterocycles. The van der Waals surface area contributed by atoms with E-state index in [2.05, 4.69) is 16.4 Å². The highest BCUT2D eigenvalue weighted by Crippen LogP contribution is 2.26. The van der Waals surface area contributed by atoms with Crippen LogP contribution in [0.1, 0.15) is 29.5 Å². The summed E-state index contributed by atoms with van der Waals surface area (Å²) in [4.78, 5) is 4.48. The highest BCUT2D eigenvalue weighted by atomic mass is 32.1. The van der Waals surface area contributed by atoms with Crippen LogP contribution in [0.25, 0.3) is 0 Å². The minimum atomic E-state index is 0.441. The van der Waals surface area contributed by atoms with Gasteiger partial charge in [-0.15, -0.1) is 11.3 Å². The third-order valence-corrected chi connectivity index (χ3v) is 3.53. The Hall–Kier alpha value is -0.920. The van der Waals surface area contributed by atoms with E-state index in [0.717, 1.165) is 18.8 Å². The Morgan fingerprint density at radius 3 is 3.36 bits per heavy atom. The first kappa shape index (κ1) is 9.63. The van der Waals surface area contributed by atoms with Gasteiger partial charge in [0.15, 0.2) is 0 Å². The topological polar surface area (TPSA) is 48.7 Å². The smallest absolute Gasteiger partial charge is 0.0972 e. The van der Waals surface area contributed by atoms with Crippen molar-refractivity contribution >= 4 is 11.3 Å². The Morgan fingerprint density at radius 2 is 2.64 bits per heavy atom. The SMILES string of the molecule is N#CCc1csc(C2CCCNC2)n1. The van der Waals surface area contributed by atoms with Gasteiger partial charge >= 0.3 is 0 Å². The van der Waals surface area contributed by atoms with E-state index in [1.54, 1.807) is 11.3 Å². The summed E-state index contributed by atoms with van der Waals surface area (Å²) in [5.74, 6) is 0.571. The Kier molecular flexibility index (Phi) is 3.12. The minimum Gasteiger partial charge on any atom is -0.316 e. The van der Waals surface area contributed by atoms with Gasteiger partial charge in [-0.2, -0.15) is 5.26 Å². The molecule has 2 rings (SSSR count). The second kappa shape index (κ2) is 4.54. The summed E-state index contributed by atoms with van der Waals surface area (Å²) in [6.45, 7) is 2.17. The van der Waals surface area contributed by atoms with Gasteiger partial charge in [0.1, 0.15) is 0 Å².